The first kappa shape index (κ1) is 20.0. The highest BCUT2D eigenvalue weighted by Crippen LogP contribution is 2.22. The van der Waals surface area contributed by atoms with Gasteiger partial charge in [-0.3, -0.25) is 4.79 Å². The summed E-state index contributed by atoms with van der Waals surface area (Å²) in [6.07, 6.45) is 0.519. The van der Waals surface area contributed by atoms with Crippen molar-refractivity contribution in [2.45, 2.75) is 33.0 Å². The van der Waals surface area contributed by atoms with Crippen LogP contribution in [0.5, 0.6) is 0 Å². The van der Waals surface area contributed by atoms with Gasteiger partial charge in [-0.05, 0) is 25.8 Å². The first-order valence-corrected chi connectivity index (χ1v) is 9.27. The molecule has 1 amide bonds. The van der Waals surface area contributed by atoms with Gasteiger partial charge in [-0.2, -0.15) is 5.10 Å². The lowest BCUT2D eigenvalue weighted by Crippen LogP contribution is -2.34. The molecule has 0 atom stereocenters. The molecule has 28 heavy (non-hydrogen) atoms. The first-order chi connectivity index (χ1) is 13.5. The highest BCUT2D eigenvalue weighted by molar-refractivity contribution is 5.76. The van der Waals surface area contributed by atoms with E-state index in [0.29, 0.717) is 19.4 Å². The number of hydrogen-bond acceptors (Lipinski definition) is 5. The van der Waals surface area contributed by atoms with Crippen LogP contribution >= 0.6 is 0 Å². The molecule has 1 aromatic carbocycles. The summed E-state index contributed by atoms with van der Waals surface area (Å²) in [5.74, 6) is -0.0524. The van der Waals surface area contributed by atoms with E-state index >= 15 is 0 Å². The molecule has 0 spiro atoms. The van der Waals surface area contributed by atoms with E-state index in [4.69, 9.17) is 19.6 Å². The molecule has 0 aliphatic heterocycles. The van der Waals surface area contributed by atoms with E-state index in [1.165, 1.54) is 0 Å². The van der Waals surface area contributed by atoms with Gasteiger partial charge in [0.05, 0.1) is 12.2 Å². The third-order valence-corrected chi connectivity index (χ3v) is 4.83. The van der Waals surface area contributed by atoms with E-state index in [1.54, 1.807) is 14.2 Å². The van der Waals surface area contributed by atoms with E-state index in [-0.39, 0.29) is 5.91 Å². The molecule has 0 unspecified atom stereocenters. The fraction of sp³-hybridized carbons (Fsp3) is 0.381. The van der Waals surface area contributed by atoms with E-state index in [2.05, 4.69) is 5.32 Å². The van der Waals surface area contributed by atoms with Gasteiger partial charge in [-0.1, -0.05) is 30.3 Å². The Morgan fingerprint density at radius 1 is 1.18 bits per heavy atom. The van der Waals surface area contributed by atoms with Gasteiger partial charge in [0.15, 0.2) is 11.9 Å². The summed E-state index contributed by atoms with van der Waals surface area (Å²) in [6, 6.07) is 12.0. The summed E-state index contributed by atoms with van der Waals surface area (Å²) in [6.45, 7) is 4.31. The molecule has 3 aromatic rings. The topological polar surface area (TPSA) is 77.8 Å². The number of benzene rings is 1. The lowest BCUT2D eigenvalue weighted by molar-refractivity contribution is -0.127. The quantitative estimate of drug-likeness (QED) is 0.606. The predicted molar refractivity (Wildman–Crippen MR) is 107 cm³/mol. The van der Waals surface area contributed by atoms with E-state index in [1.807, 2.05) is 54.8 Å². The fourth-order valence-corrected chi connectivity index (χ4v) is 3.23. The molecule has 0 bridgehead atoms. The van der Waals surface area contributed by atoms with Crippen LogP contribution < -0.4 is 5.32 Å². The van der Waals surface area contributed by atoms with Crippen molar-refractivity contribution in [3.63, 3.8) is 0 Å². The third-order valence-electron chi connectivity index (χ3n) is 4.83. The molecular weight excluding hydrogens is 356 g/mol. The van der Waals surface area contributed by atoms with Gasteiger partial charge in [0.2, 0.25) is 5.91 Å². The molecule has 2 aromatic heterocycles. The number of nitrogens with zero attached hydrogens (tertiary/aromatic N) is 3. The number of methoxy groups -OCH3 is 2. The standard InChI is InChI=1S/C21H26N4O3/c1-14-17(10-11-20(26)22-13-21(27-3)28-4)15(2)25-19(23-14)12-18(24-25)16-8-6-5-7-9-16/h5-9,12,21H,10-11,13H2,1-4H3,(H,22,26). The molecule has 0 saturated carbocycles. The minimum atomic E-state index is -0.439. The van der Waals surface area contributed by atoms with Gasteiger partial charge < -0.3 is 14.8 Å². The van der Waals surface area contributed by atoms with Crippen molar-refractivity contribution >= 4 is 11.6 Å². The summed E-state index contributed by atoms with van der Waals surface area (Å²) in [5, 5.41) is 7.54. The Morgan fingerprint density at radius 3 is 2.57 bits per heavy atom. The Bertz CT molecular complexity index is 949. The number of carbonyl (C=O) groups excluding carboxylic acids is 1. The fourth-order valence-electron chi connectivity index (χ4n) is 3.23. The van der Waals surface area contributed by atoms with Gasteiger partial charge in [0, 0.05) is 43.7 Å². The minimum Gasteiger partial charge on any atom is -0.354 e. The summed E-state index contributed by atoms with van der Waals surface area (Å²) in [5.41, 5.74) is 5.71. The molecule has 3 rings (SSSR count). The number of rotatable bonds is 8. The molecule has 148 valence electrons. The van der Waals surface area contributed by atoms with Crippen LogP contribution in [-0.4, -0.2) is 47.6 Å². The van der Waals surface area contributed by atoms with Crippen LogP contribution in [0.4, 0.5) is 0 Å². The Kier molecular flexibility index (Phi) is 6.38. The van der Waals surface area contributed by atoms with E-state index in [9.17, 15) is 4.79 Å². The molecular formula is C21H26N4O3. The Morgan fingerprint density at radius 2 is 1.89 bits per heavy atom. The number of aryl methyl sites for hydroxylation is 2. The Labute approximate surface area is 164 Å². The van der Waals surface area contributed by atoms with E-state index < -0.39 is 6.29 Å². The van der Waals surface area contributed by atoms with Crippen LogP contribution in [0.2, 0.25) is 0 Å². The summed E-state index contributed by atoms with van der Waals surface area (Å²) in [7, 11) is 3.09. The monoisotopic (exact) mass is 382 g/mol. The normalized spacial score (nSPS) is 11.3. The Balaban J connectivity index is 1.75. The molecule has 0 fully saturated rings. The highest BCUT2D eigenvalue weighted by atomic mass is 16.7. The summed E-state index contributed by atoms with van der Waals surface area (Å²) in [4.78, 5) is 16.9. The van der Waals surface area contributed by atoms with Gasteiger partial charge >= 0.3 is 0 Å². The lowest BCUT2D eigenvalue weighted by atomic mass is 10.1. The van der Waals surface area contributed by atoms with Gasteiger partial charge in [-0.15, -0.1) is 0 Å². The maximum absolute atomic E-state index is 12.2. The van der Waals surface area contributed by atoms with Crippen molar-refractivity contribution in [1.29, 1.82) is 0 Å². The van der Waals surface area contributed by atoms with Gasteiger partial charge in [0.25, 0.3) is 0 Å². The number of nitrogens with one attached hydrogen (secondary N) is 1. The van der Waals surface area contributed by atoms with Crippen molar-refractivity contribution in [3.8, 4) is 11.3 Å². The van der Waals surface area contributed by atoms with Gasteiger partial charge in [-0.25, -0.2) is 9.50 Å². The second kappa shape index (κ2) is 8.95. The zero-order valence-electron chi connectivity index (χ0n) is 16.7. The molecule has 2 heterocycles. The maximum Gasteiger partial charge on any atom is 0.220 e. The number of amides is 1. The average Bonchev–Trinajstić information content (AvgIpc) is 3.13. The molecule has 0 aliphatic rings. The number of ether oxygens (including phenoxy) is 2. The van der Waals surface area contributed by atoms with Crippen molar-refractivity contribution in [2.75, 3.05) is 20.8 Å². The second-order valence-corrected chi connectivity index (χ2v) is 6.63. The number of hydrogen-bond donors (Lipinski definition) is 1. The van der Waals surface area contributed by atoms with Crippen molar-refractivity contribution in [1.82, 2.24) is 19.9 Å². The van der Waals surface area contributed by atoms with Crippen molar-refractivity contribution in [2.24, 2.45) is 0 Å². The third kappa shape index (κ3) is 4.37. The van der Waals surface area contributed by atoms with E-state index in [0.717, 1.165) is 33.9 Å². The highest BCUT2D eigenvalue weighted by Gasteiger charge is 2.15. The van der Waals surface area contributed by atoms with Crippen molar-refractivity contribution in [3.05, 3.63) is 53.3 Å². The van der Waals surface area contributed by atoms with Gasteiger partial charge in [0.1, 0.15) is 0 Å². The zero-order chi connectivity index (χ0) is 20.1. The predicted octanol–water partition coefficient (Wildman–Crippen LogP) is 2.68. The van der Waals surface area contributed by atoms with Crippen molar-refractivity contribution < 1.29 is 14.3 Å². The zero-order valence-corrected chi connectivity index (χ0v) is 16.7. The first-order valence-electron chi connectivity index (χ1n) is 9.27. The van der Waals surface area contributed by atoms with Crippen LogP contribution in [-0.2, 0) is 20.7 Å². The van der Waals surface area contributed by atoms with Crippen LogP contribution in [0.25, 0.3) is 16.9 Å². The van der Waals surface area contributed by atoms with Crippen LogP contribution in [0, 0.1) is 13.8 Å². The summed E-state index contributed by atoms with van der Waals surface area (Å²) >= 11 is 0. The molecule has 0 radical (unpaired) electrons. The average molecular weight is 382 g/mol. The molecule has 0 aliphatic carbocycles. The molecule has 0 saturated heterocycles. The molecule has 7 heteroatoms. The lowest BCUT2D eigenvalue weighted by Gasteiger charge is -2.14. The molecule has 1 N–H and O–H groups in total. The molecule has 7 nitrogen and oxygen atoms in total. The minimum absolute atomic E-state index is 0.0524. The second-order valence-electron chi connectivity index (χ2n) is 6.63. The Hall–Kier alpha value is -2.77. The number of fused-ring (bicyclic) bond motifs is 1. The van der Waals surface area contributed by atoms with Crippen LogP contribution in [0.1, 0.15) is 23.4 Å². The van der Waals surface area contributed by atoms with Crippen LogP contribution in [0.15, 0.2) is 36.4 Å². The largest absolute Gasteiger partial charge is 0.354 e. The maximum atomic E-state index is 12.2. The number of aromatic nitrogens is 3. The van der Waals surface area contributed by atoms with Crippen LogP contribution in [0.3, 0.4) is 0 Å². The summed E-state index contributed by atoms with van der Waals surface area (Å²) < 4.78 is 12.0. The number of carbonyl (C=O) groups is 1. The smallest absolute Gasteiger partial charge is 0.220 e. The SMILES string of the molecule is COC(CNC(=O)CCc1c(C)nc2cc(-c3ccccc3)nn2c1C)OC.